The highest BCUT2D eigenvalue weighted by Gasteiger charge is 2.08. The number of carbonyl (C=O) groups excluding carboxylic acids is 1. The van der Waals surface area contributed by atoms with E-state index in [-0.39, 0.29) is 12.5 Å². The zero-order valence-corrected chi connectivity index (χ0v) is 11.4. The molecule has 1 heterocycles. The predicted molar refractivity (Wildman–Crippen MR) is 74.8 cm³/mol. The molecule has 2 rings (SSSR count). The first kappa shape index (κ1) is 14.1. The summed E-state index contributed by atoms with van der Waals surface area (Å²) < 4.78 is 0. The van der Waals surface area contributed by atoms with Gasteiger partial charge in [0.1, 0.15) is 6.54 Å². The van der Waals surface area contributed by atoms with Gasteiger partial charge in [0.15, 0.2) is 0 Å². The Hall–Kier alpha value is -2.28. The second kappa shape index (κ2) is 7.34. The number of benzene rings is 1. The number of hydrogen-bond acceptors (Lipinski definition) is 5. The molecule has 2 aromatic rings. The Balaban J connectivity index is 1.85. The van der Waals surface area contributed by atoms with Crippen molar-refractivity contribution < 1.29 is 4.79 Å². The van der Waals surface area contributed by atoms with Crippen LogP contribution in [0.1, 0.15) is 6.92 Å². The fourth-order valence-corrected chi connectivity index (χ4v) is 1.66. The molecule has 0 saturated heterocycles. The summed E-state index contributed by atoms with van der Waals surface area (Å²) in [6.07, 6.45) is 0. The van der Waals surface area contributed by atoms with Gasteiger partial charge in [-0.3, -0.25) is 4.79 Å². The molecule has 0 atom stereocenters. The monoisotopic (exact) mass is 274 g/mol. The highest BCUT2D eigenvalue weighted by molar-refractivity contribution is 5.75. The van der Waals surface area contributed by atoms with Crippen LogP contribution in [0.2, 0.25) is 0 Å². The van der Waals surface area contributed by atoms with Gasteiger partial charge in [0.2, 0.25) is 11.7 Å². The number of nitrogens with one attached hydrogen (secondary N) is 2. The molecule has 0 bridgehead atoms. The Morgan fingerprint density at radius 2 is 2.05 bits per heavy atom. The van der Waals surface area contributed by atoms with Gasteiger partial charge >= 0.3 is 0 Å². The number of aromatic nitrogens is 4. The highest BCUT2D eigenvalue weighted by atomic mass is 16.2. The zero-order chi connectivity index (χ0) is 14.2. The Bertz CT molecular complexity index is 539. The van der Waals surface area contributed by atoms with E-state index < -0.39 is 0 Å². The Morgan fingerprint density at radius 3 is 2.80 bits per heavy atom. The molecule has 0 aliphatic rings. The first-order chi connectivity index (χ1) is 9.79. The van der Waals surface area contributed by atoms with E-state index in [4.69, 9.17) is 0 Å². The first-order valence-electron chi connectivity index (χ1n) is 6.60. The molecule has 2 N–H and O–H groups in total. The minimum Gasteiger partial charge on any atom is -0.353 e. The van der Waals surface area contributed by atoms with Crippen molar-refractivity contribution in [2.24, 2.45) is 0 Å². The lowest BCUT2D eigenvalue weighted by Crippen LogP contribution is -2.34. The van der Waals surface area contributed by atoms with E-state index in [1.165, 1.54) is 4.80 Å². The number of likely N-dealkylation sites (N-methyl/N-ethyl adjacent to an activating group) is 1. The lowest BCUT2D eigenvalue weighted by Gasteiger charge is -2.04. The summed E-state index contributed by atoms with van der Waals surface area (Å²) in [5.41, 5.74) is 0.881. The van der Waals surface area contributed by atoms with Crippen molar-refractivity contribution in [1.29, 1.82) is 0 Å². The van der Waals surface area contributed by atoms with Gasteiger partial charge in [-0.1, -0.05) is 37.3 Å². The molecule has 0 saturated carbocycles. The summed E-state index contributed by atoms with van der Waals surface area (Å²) in [6.45, 7) is 4.33. The Kier molecular flexibility index (Phi) is 5.19. The van der Waals surface area contributed by atoms with E-state index in [1.54, 1.807) is 0 Å². The summed E-state index contributed by atoms with van der Waals surface area (Å²) in [5.74, 6) is 0.394. The molecule has 7 heteroatoms. The van der Waals surface area contributed by atoms with Crippen molar-refractivity contribution in [3.63, 3.8) is 0 Å². The van der Waals surface area contributed by atoms with Gasteiger partial charge in [0, 0.05) is 18.7 Å². The number of nitrogens with zero attached hydrogens (tertiary/aromatic N) is 4. The molecular formula is C13H18N6O. The molecular weight excluding hydrogens is 256 g/mol. The second-order valence-corrected chi connectivity index (χ2v) is 4.21. The van der Waals surface area contributed by atoms with Crippen molar-refractivity contribution in [2.45, 2.75) is 13.5 Å². The third-order valence-corrected chi connectivity index (χ3v) is 2.64. The van der Waals surface area contributed by atoms with Crippen LogP contribution in [-0.4, -0.2) is 45.7 Å². The largest absolute Gasteiger partial charge is 0.353 e. The Morgan fingerprint density at radius 1 is 1.25 bits per heavy atom. The summed E-state index contributed by atoms with van der Waals surface area (Å²) in [6, 6.07) is 9.54. The SMILES string of the molecule is CCNCCNC(=O)Cn1nnc(-c2ccccc2)n1. The molecule has 106 valence electrons. The van der Waals surface area contributed by atoms with Crippen molar-refractivity contribution in [1.82, 2.24) is 30.8 Å². The van der Waals surface area contributed by atoms with E-state index in [2.05, 4.69) is 26.0 Å². The smallest absolute Gasteiger partial charge is 0.243 e. The molecule has 0 aliphatic carbocycles. The average Bonchev–Trinajstić information content (AvgIpc) is 2.93. The van der Waals surface area contributed by atoms with Crippen LogP contribution in [0.5, 0.6) is 0 Å². The van der Waals surface area contributed by atoms with Crippen LogP contribution in [0.4, 0.5) is 0 Å². The van der Waals surface area contributed by atoms with Crippen molar-refractivity contribution in [2.75, 3.05) is 19.6 Å². The van der Waals surface area contributed by atoms with Gasteiger partial charge < -0.3 is 10.6 Å². The molecule has 0 fully saturated rings. The van der Waals surface area contributed by atoms with Crippen molar-refractivity contribution in [3.05, 3.63) is 30.3 Å². The Labute approximate surface area is 117 Å². The molecule has 7 nitrogen and oxygen atoms in total. The van der Waals surface area contributed by atoms with Crippen LogP contribution < -0.4 is 10.6 Å². The quantitative estimate of drug-likeness (QED) is 0.698. The number of hydrogen-bond donors (Lipinski definition) is 2. The third-order valence-electron chi connectivity index (χ3n) is 2.64. The van der Waals surface area contributed by atoms with Crippen molar-refractivity contribution >= 4 is 5.91 Å². The fourth-order valence-electron chi connectivity index (χ4n) is 1.66. The number of tetrazole rings is 1. The van der Waals surface area contributed by atoms with Crippen LogP contribution in [-0.2, 0) is 11.3 Å². The van der Waals surface area contributed by atoms with Crippen LogP contribution in [0.25, 0.3) is 11.4 Å². The normalized spacial score (nSPS) is 10.4. The van der Waals surface area contributed by atoms with E-state index in [1.807, 2.05) is 37.3 Å². The minimum atomic E-state index is -0.125. The number of amides is 1. The molecule has 0 unspecified atom stereocenters. The van der Waals surface area contributed by atoms with Crippen LogP contribution >= 0.6 is 0 Å². The maximum absolute atomic E-state index is 11.7. The maximum atomic E-state index is 11.7. The summed E-state index contributed by atoms with van der Waals surface area (Å²) in [7, 11) is 0. The van der Waals surface area contributed by atoms with E-state index >= 15 is 0 Å². The van der Waals surface area contributed by atoms with Crippen LogP contribution in [0.3, 0.4) is 0 Å². The minimum absolute atomic E-state index is 0.0754. The second-order valence-electron chi connectivity index (χ2n) is 4.21. The van der Waals surface area contributed by atoms with E-state index in [9.17, 15) is 4.79 Å². The lowest BCUT2D eigenvalue weighted by atomic mass is 10.2. The van der Waals surface area contributed by atoms with Gasteiger partial charge in [-0.15, -0.1) is 10.2 Å². The van der Waals surface area contributed by atoms with Gasteiger partial charge in [-0.05, 0) is 11.8 Å². The molecule has 1 aromatic heterocycles. The third kappa shape index (κ3) is 4.13. The summed E-state index contributed by atoms with van der Waals surface area (Å²) >= 11 is 0. The fraction of sp³-hybridized carbons (Fsp3) is 0.385. The van der Waals surface area contributed by atoms with Gasteiger partial charge in [-0.25, -0.2) is 0 Å². The number of rotatable bonds is 7. The average molecular weight is 274 g/mol. The molecule has 20 heavy (non-hydrogen) atoms. The van der Waals surface area contributed by atoms with Gasteiger partial charge in [-0.2, -0.15) is 4.80 Å². The topological polar surface area (TPSA) is 84.7 Å². The molecule has 0 radical (unpaired) electrons. The predicted octanol–water partition coefficient (Wildman–Crippen LogP) is 0.0658. The number of carbonyl (C=O) groups is 1. The van der Waals surface area contributed by atoms with Gasteiger partial charge in [0.05, 0.1) is 0 Å². The van der Waals surface area contributed by atoms with E-state index in [0.29, 0.717) is 12.4 Å². The molecule has 0 aliphatic heterocycles. The van der Waals surface area contributed by atoms with E-state index in [0.717, 1.165) is 18.7 Å². The van der Waals surface area contributed by atoms with Crippen LogP contribution in [0.15, 0.2) is 30.3 Å². The maximum Gasteiger partial charge on any atom is 0.243 e. The lowest BCUT2D eigenvalue weighted by molar-refractivity contribution is -0.122. The van der Waals surface area contributed by atoms with Gasteiger partial charge in [0.25, 0.3) is 0 Å². The highest BCUT2D eigenvalue weighted by Crippen LogP contribution is 2.11. The van der Waals surface area contributed by atoms with Crippen molar-refractivity contribution in [3.8, 4) is 11.4 Å². The summed E-state index contributed by atoms with van der Waals surface area (Å²) in [4.78, 5) is 13.0. The summed E-state index contributed by atoms with van der Waals surface area (Å²) in [5, 5.41) is 17.9. The zero-order valence-electron chi connectivity index (χ0n) is 11.4. The first-order valence-corrected chi connectivity index (χ1v) is 6.60. The molecule has 1 aromatic carbocycles. The standard InChI is InChI=1S/C13H18N6O/c1-2-14-8-9-15-12(20)10-19-17-13(16-18-19)11-6-4-3-5-7-11/h3-7,14H,2,8-10H2,1H3,(H,15,20). The molecule has 1 amide bonds. The molecule has 0 spiro atoms. The van der Waals surface area contributed by atoms with Crippen LogP contribution in [0, 0.1) is 0 Å².